The molecule has 0 aliphatic carbocycles. The van der Waals surface area contributed by atoms with Gasteiger partial charge in [-0.2, -0.15) is 0 Å². The monoisotopic (exact) mass is 309 g/mol. The van der Waals surface area contributed by atoms with E-state index in [1.807, 2.05) is 0 Å². The first-order chi connectivity index (χ1) is 10.7. The van der Waals surface area contributed by atoms with Gasteiger partial charge in [-0.25, -0.2) is 0 Å². The highest BCUT2D eigenvalue weighted by Gasteiger charge is 2.28. The highest BCUT2D eigenvalue weighted by molar-refractivity contribution is 5.76. The van der Waals surface area contributed by atoms with Gasteiger partial charge in [0.1, 0.15) is 0 Å². The molecule has 4 nitrogen and oxygen atoms in total. The van der Waals surface area contributed by atoms with Crippen LogP contribution in [0.1, 0.15) is 58.8 Å². The molecule has 2 aliphatic heterocycles. The number of nitrogens with zero attached hydrogens (tertiary/aromatic N) is 3. The normalized spacial score (nSPS) is 22.2. The zero-order valence-corrected chi connectivity index (χ0v) is 14.7. The van der Waals surface area contributed by atoms with E-state index in [0.717, 1.165) is 25.9 Å². The van der Waals surface area contributed by atoms with E-state index in [0.29, 0.717) is 11.9 Å². The lowest BCUT2D eigenvalue weighted by molar-refractivity contribution is -0.133. The molecular weight excluding hydrogens is 274 g/mol. The van der Waals surface area contributed by atoms with Crippen molar-refractivity contribution in [2.45, 2.75) is 64.8 Å². The number of unbranched alkanes of at least 4 members (excludes halogenated alkanes) is 3. The number of likely N-dealkylation sites (N-methyl/N-ethyl adjacent to an activating group) is 1. The Morgan fingerprint density at radius 2 is 1.59 bits per heavy atom. The van der Waals surface area contributed by atoms with Crippen LogP contribution in [0.2, 0.25) is 0 Å². The van der Waals surface area contributed by atoms with Gasteiger partial charge >= 0.3 is 0 Å². The molecule has 0 saturated carbocycles. The summed E-state index contributed by atoms with van der Waals surface area (Å²) in [4.78, 5) is 19.5. The molecule has 0 aromatic heterocycles. The molecule has 0 unspecified atom stereocenters. The average molecular weight is 309 g/mol. The minimum absolute atomic E-state index is 0.394. The maximum absolute atomic E-state index is 12.2. The zero-order valence-electron chi connectivity index (χ0n) is 14.7. The smallest absolute Gasteiger partial charge is 0.222 e. The van der Waals surface area contributed by atoms with E-state index in [4.69, 9.17) is 0 Å². The van der Waals surface area contributed by atoms with Crippen LogP contribution < -0.4 is 0 Å². The van der Waals surface area contributed by atoms with Gasteiger partial charge in [0.05, 0.1) is 0 Å². The maximum Gasteiger partial charge on any atom is 0.222 e. The molecule has 1 amide bonds. The average Bonchev–Trinajstić information content (AvgIpc) is 2.59. The number of rotatable bonds is 7. The second-order valence-electron chi connectivity index (χ2n) is 6.89. The third-order valence-electron chi connectivity index (χ3n) is 5.43. The topological polar surface area (TPSA) is 26.8 Å². The molecule has 2 saturated heterocycles. The van der Waals surface area contributed by atoms with Crippen molar-refractivity contribution in [2.75, 3.05) is 45.8 Å². The Balaban J connectivity index is 1.64. The summed E-state index contributed by atoms with van der Waals surface area (Å²) in [6.45, 7) is 12.5. The highest BCUT2D eigenvalue weighted by Crippen LogP contribution is 2.19. The highest BCUT2D eigenvalue weighted by atomic mass is 16.2. The van der Waals surface area contributed by atoms with E-state index >= 15 is 0 Å². The number of amides is 1. The Bertz CT molecular complexity index is 318. The largest absolute Gasteiger partial charge is 0.343 e. The van der Waals surface area contributed by atoms with Crippen molar-refractivity contribution in [2.24, 2.45) is 0 Å². The van der Waals surface area contributed by atoms with Gasteiger partial charge in [-0.1, -0.05) is 33.1 Å². The molecule has 0 spiro atoms. The molecule has 2 rings (SSSR count). The van der Waals surface area contributed by atoms with Crippen molar-refractivity contribution < 1.29 is 4.79 Å². The predicted molar refractivity (Wildman–Crippen MR) is 92.0 cm³/mol. The van der Waals surface area contributed by atoms with Gasteiger partial charge in [-0.05, 0) is 25.8 Å². The van der Waals surface area contributed by atoms with Gasteiger partial charge in [0.15, 0.2) is 0 Å². The molecule has 22 heavy (non-hydrogen) atoms. The first-order valence-electron chi connectivity index (χ1n) is 9.48. The van der Waals surface area contributed by atoms with Crippen LogP contribution in [0.3, 0.4) is 0 Å². The summed E-state index contributed by atoms with van der Waals surface area (Å²) < 4.78 is 0. The lowest BCUT2D eigenvalue weighted by atomic mass is 10.0. The van der Waals surface area contributed by atoms with Gasteiger partial charge in [-0.3, -0.25) is 9.69 Å². The van der Waals surface area contributed by atoms with E-state index in [1.165, 1.54) is 64.8 Å². The number of carbonyl (C=O) groups is 1. The Labute approximate surface area is 136 Å². The number of hydrogen-bond donors (Lipinski definition) is 0. The fourth-order valence-electron chi connectivity index (χ4n) is 3.79. The van der Waals surface area contributed by atoms with Gasteiger partial charge in [-0.15, -0.1) is 0 Å². The summed E-state index contributed by atoms with van der Waals surface area (Å²) in [7, 11) is 0. The van der Waals surface area contributed by atoms with E-state index in [-0.39, 0.29) is 0 Å². The molecule has 0 aromatic carbocycles. The second-order valence-corrected chi connectivity index (χ2v) is 6.89. The van der Waals surface area contributed by atoms with Crippen molar-refractivity contribution in [3.63, 3.8) is 0 Å². The summed E-state index contributed by atoms with van der Waals surface area (Å²) in [5, 5.41) is 0. The number of piperidine rings is 1. The molecule has 4 heteroatoms. The minimum atomic E-state index is 0.394. The van der Waals surface area contributed by atoms with Crippen LogP contribution in [0.15, 0.2) is 0 Å². The predicted octanol–water partition coefficient (Wildman–Crippen LogP) is 2.59. The van der Waals surface area contributed by atoms with Gasteiger partial charge in [0.25, 0.3) is 0 Å². The van der Waals surface area contributed by atoms with E-state index in [2.05, 4.69) is 28.5 Å². The third kappa shape index (κ3) is 5.24. The van der Waals surface area contributed by atoms with Gasteiger partial charge in [0.2, 0.25) is 5.91 Å². The molecule has 0 aromatic rings. The number of hydrogen-bond acceptors (Lipinski definition) is 3. The summed E-state index contributed by atoms with van der Waals surface area (Å²) in [6.07, 6.45) is 7.90. The molecule has 2 fully saturated rings. The van der Waals surface area contributed by atoms with Crippen LogP contribution >= 0.6 is 0 Å². The molecule has 2 heterocycles. The maximum atomic E-state index is 12.2. The third-order valence-corrected chi connectivity index (χ3v) is 5.43. The molecule has 0 atom stereocenters. The van der Waals surface area contributed by atoms with Crippen LogP contribution in [0.4, 0.5) is 0 Å². The van der Waals surface area contributed by atoms with E-state index in [1.54, 1.807) is 0 Å². The van der Waals surface area contributed by atoms with Gasteiger partial charge < -0.3 is 9.80 Å². The first kappa shape index (κ1) is 17.7. The summed E-state index contributed by atoms with van der Waals surface area (Å²) in [5.41, 5.74) is 0. The second kappa shape index (κ2) is 9.51. The fourth-order valence-corrected chi connectivity index (χ4v) is 3.79. The van der Waals surface area contributed by atoms with Crippen molar-refractivity contribution >= 4 is 5.91 Å². The number of carbonyl (C=O) groups excluding carboxylic acids is 1. The van der Waals surface area contributed by atoms with E-state index in [9.17, 15) is 4.79 Å². The molecule has 128 valence electrons. The Morgan fingerprint density at radius 3 is 2.18 bits per heavy atom. The zero-order chi connectivity index (χ0) is 15.8. The fraction of sp³-hybridized carbons (Fsp3) is 0.944. The molecule has 0 radical (unpaired) electrons. The Morgan fingerprint density at radius 1 is 0.909 bits per heavy atom. The van der Waals surface area contributed by atoms with Crippen LogP contribution in [-0.4, -0.2) is 72.5 Å². The van der Waals surface area contributed by atoms with Crippen LogP contribution in [0.25, 0.3) is 0 Å². The quantitative estimate of drug-likeness (QED) is 0.676. The minimum Gasteiger partial charge on any atom is -0.343 e. The lowest BCUT2D eigenvalue weighted by Gasteiger charge is -2.42. The lowest BCUT2D eigenvalue weighted by Crippen LogP contribution is -2.53. The SMILES string of the molecule is CCCCCCC(=O)N1CCC(N2CCN(CC)CC2)CC1. The summed E-state index contributed by atoms with van der Waals surface area (Å²) in [5.74, 6) is 0.394. The van der Waals surface area contributed by atoms with Crippen molar-refractivity contribution in [1.29, 1.82) is 0 Å². The molecular formula is C18H35N3O. The van der Waals surface area contributed by atoms with E-state index < -0.39 is 0 Å². The molecule has 0 N–H and O–H groups in total. The standard InChI is InChI=1S/C18H35N3O/c1-3-5-6-7-8-18(22)21-11-9-17(10-12-21)20-15-13-19(4-2)14-16-20/h17H,3-16H2,1-2H3. The summed E-state index contributed by atoms with van der Waals surface area (Å²) in [6, 6.07) is 0.711. The van der Waals surface area contributed by atoms with Crippen LogP contribution in [0, 0.1) is 0 Å². The molecule has 0 bridgehead atoms. The number of likely N-dealkylation sites (tertiary alicyclic amines) is 1. The van der Waals surface area contributed by atoms with Crippen molar-refractivity contribution in [1.82, 2.24) is 14.7 Å². The Hall–Kier alpha value is -0.610. The number of piperazine rings is 1. The van der Waals surface area contributed by atoms with Gasteiger partial charge in [0, 0.05) is 51.7 Å². The van der Waals surface area contributed by atoms with Crippen molar-refractivity contribution in [3.8, 4) is 0 Å². The molecule has 2 aliphatic rings. The first-order valence-corrected chi connectivity index (χ1v) is 9.48. The van der Waals surface area contributed by atoms with Crippen molar-refractivity contribution in [3.05, 3.63) is 0 Å². The van der Waals surface area contributed by atoms with Crippen LogP contribution in [-0.2, 0) is 4.79 Å². The van der Waals surface area contributed by atoms with Crippen LogP contribution in [0.5, 0.6) is 0 Å². The Kier molecular flexibility index (Phi) is 7.67. The summed E-state index contributed by atoms with van der Waals surface area (Å²) >= 11 is 0.